The summed E-state index contributed by atoms with van der Waals surface area (Å²) in [6.45, 7) is 0. The monoisotopic (exact) mass is 459 g/mol. The summed E-state index contributed by atoms with van der Waals surface area (Å²) >= 11 is 6.51. The fourth-order valence-corrected chi connectivity index (χ4v) is 5.72. The van der Waals surface area contributed by atoms with E-state index in [1.54, 1.807) is 36.4 Å². The smallest absolute Gasteiger partial charge is 0.325 e. The van der Waals surface area contributed by atoms with Crippen molar-refractivity contribution in [3.05, 3.63) is 84.0 Å². The predicted molar refractivity (Wildman–Crippen MR) is 120 cm³/mol. The predicted octanol–water partition coefficient (Wildman–Crippen LogP) is 3.90. The molecule has 4 rings (SSSR count). The first-order valence-corrected chi connectivity index (χ1v) is 11.6. The molecule has 0 spiro atoms. The molecule has 0 radical (unpaired) electrons. The Labute approximate surface area is 186 Å². The number of hydrogen-bond donors (Lipinski definition) is 2. The molecule has 0 bridgehead atoms. The number of methoxy groups -OCH3 is 1. The van der Waals surface area contributed by atoms with Crippen molar-refractivity contribution in [2.75, 3.05) is 7.11 Å². The molecule has 0 heterocycles. The summed E-state index contributed by atoms with van der Waals surface area (Å²) in [6.07, 6.45) is 4.95. The van der Waals surface area contributed by atoms with Gasteiger partial charge in [0.05, 0.1) is 7.11 Å². The van der Waals surface area contributed by atoms with Crippen LogP contribution in [0.4, 0.5) is 0 Å². The van der Waals surface area contributed by atoms with Crippen LogP contribution in [0.1, 0.15) is 29.9 Å². The molecule has 1 unspecified atom stereocenters. The van der Waals surface area contributed by atoms with Crippen molar-refractivity contribution >= 4 is 33.2 Å². The van der Waals surface area contributed by atoms with E-state index in [0.717, 1.165) is 11.1 Å². The van der Waals surface area contributed by atoms with Crippen LogP contribution in [-0.2, 0) is 14.8 Å². The van der Waals surface area contributed by atoms with Gasteiger partial charge >= 0.3 is 5.97 Å². The summed E-state index contributed by atoms with van der Waals surface area (Å²) < 4.78 is 32.4. The quantitative estimate of drug-likeness (QED) is 0.612. The number of para-hydroxylation sites is 1. The molecule has 1 saturated carbocycles. The van der Waals surface area contributed by atoms with Gasteiger partial charge in [-0.3, -0.25) is 4.79 Å². The maximum absolute atomic E-state index is 13.2. The van der Waals surface area contributed by atoms with Crippen LogP contribution >= 0.6 is 11.6 Å². The minimum Gasteiger partial charge on any atom is -0.496 e. The van der Waals surface area contributed by atoms with Gasteiger partial charge in [0.15, 0.2) is 4.21 Å². The second-order valence-electron chi connectivity index (χ2n) is 7.73. The molecule has 0 aliphatic heterocycles. The van der Waals surface area contributed by atoms with Gasteiger partial charge in [0.2, 0.25) is 10.0 Å². The minimum absolute atomic E-state index is 0.0135. The van der Waals surface area contributed by atoms with Gasteiger partial charge in [0.25, 0.3) is 0 Å². The van der Waals surface area contributed by atoms with E-state index in [2.05, 4.69) is 4.72 Å². The number of alkyl halides is 1. The zero-order valence-electron chi connectivity index (χ0n) is 16.8. The van der Waals surface area contributed by atoms with E-state index < -0.39 is 31.7 Å². The largest absolute Gasteiger partial charge is 0.496 e. The Hall–Kier alpha value is -2.61. The van der Waals surface area contributed by atoms with E-state index in [4.69, 9.17) is 16.3 Å². The van der Waals surface area contributed by atoms with Gasteiger partial charge in [0.1, 0.15) is 11.3 Å². The number of halogens is 1. The van der Waals surface area contributed by atoms with Gasteiger partial charge in [0, 0.05) is 12.3 Å². The second kappa shape index (κ2) is 7.82. The Morgan fingerprint density at radius 1 is 1.16 bits per heavy atom. The van der Waals surface area contributed by atoms with E-state index in [-0.39, 0.29) is 12.8 Å². The Kier molecular flexibility index (Phi) is 5.45. The van der Waals surface area contributed by atoms with E-state index in [1.807, 2.05) is 30.3 Å². The van der Waals surface area contributed by atoms with Gasteiger partial charge in [-0.25, -0.2) is 8.42 Å². The lowest BCUT2D eigenvalue weighted by Gasteiger charge is -2.28. The lowest BCUT2D eigenvalue weighted by Crippen LogP contribution is -2.51. The van der Waals surface area contributed by atoms with Crippen LogP contribution < -0.4 is 9.46 Å². The molecule has 3 atom stereocenters. The maximum atomic E-state index is 13.2. The van der Waals surface area contributed by atoms with Crippen molar-refractivity contribution < 1.29 is 23.1 Å². The average Bonchev–Trinajstić information content (AvgIpc) is 3.49. The fraction of sp³-hybridized carbons (Fsp3) is 0.261. The maximum Gasteiger partial charge on any atom is 0.325 e. The molecule has 31 heavy (non-hydrogen) atoms. The van der Waals surface area contributed by atoms with Crippen LogP contribution in [0.2, 0.25) is 0 Å². The molecule has 2 aromatic rings. The molecule has 0 amide bonds. The SMILES string of the molecule is COc1ccccc1[C@@H]1C[C@]1(NS(=O)(=O)C1(Cl)C=CC(c2ccccc2)=CC1)C(=O)O. The van der Waals surface area contributed by atoms with Gasteiger partial charge in [-0.1, -0.05) is 72.3 Å². The number of benzene rings is 2. The van der Waals surface area contributed by atoms with Crippen molar-refractivity contribution in [1.82, 2.24) is 4.72 Å². The highest BCUT2D eigenvalue weighted by molar-refractivity contribution is 7.92. The van der Waals surface area contributed by atoms with Gasteiger partial charge < -0.3 is 9.84 Å². The first-order chi connectivity index (χ1) is 14.7. The zero-order chi connectivity index (χ0) is 22.3. The molecule has 162 valence electrons. The fourth-order valence-electron chi connectivity index (χ4n) is 3.95. The number of aliphatic carboxylic acids is 1. The molecule has 0 aromatic heterocycles. The Balaban J connectivity index is 1.59. The van der Waals surface area contributed by atoms with E-state index in [9.17, 15) is 18.3 Å². The first kappa shape index (κ1) is 21.6. The van der Waals surface area contributed by atoms with Gasteiger partial charge in [-0.05, 0) is 35.3 Å². The van der Waals surface area contributed by atoms with Crippen LogP contribution in [-0.4, -0.2) is 36.3 Å². The molecule has 2 aromatic carbocycles. The standard InChI is InChI=1S/C23H22ClNO5S/c1-30-20-10-6-5-9-18(20)19-15-23(19,21(26)27)25-31(28,29)22(24)13-11-17(12-14-22)16-7-3-2-4-8-16/h2-13,19,25H,14-15H2,1H3,(H,26,27)/t19-,22?,23+/m0/s1. The van der Waals surface area contributed by atoms with Crippen LogP contribution in [0.15, 0.2) is 72.8 Å². The van der Waals surface area contributed by atoms with Crippen LogP contribution in [0.25, 0.3) is 5.57 Å². The van der Waals surface area contributed by atoms with Gasteiger partial charge in [-0.2, -0.15) is 4.72 Å². The minimum atomic E-state index is -4.23. The molecule has 2 aliphatic rings. The number of allylic oxidation sites excluding steroid dienone is 3. The van der Waals surface area contributed by atoms with Gasteiger partial charge in [-0.15, -0.1) is 0 Å². The molecule has 2 aliphatic carbocycles. The third kappa shape index (κ3) is 3.78. The molecule has 8 heteroatoms. The zero-order valence-corrected chi connectivity index (χ0v) is 18.4. The second-order valence-corrected chi connectivity index (χ2v) is 10.6. The summed E-state index contributed by atoms with van der Waals surface area (Å²) in [4.78, 5) is 12.1. The molecule has 2 N–H and O–H groups in total. The molecule has 1 fully saturated rings. The lowest BCUT2D eigenvalue weighted by molar-refractivity contribution is -0.140. The van der Waals surface area contributed by atoms with E-state index in [0.29, 0.717) is 11.3 Å². The summed E-state index contributed by atoms with van der Waals surface area (Å²) in [6, 6.07) is 16.5. The Bertz CT molecular complexity index is 1180. The molecular formula is C23H22ClNO5S. The van der Waals surface area contributed by atoms with Crippen molar-refractivity contribution in [3.8, 4) is 5.75 Å². The lowest BCUT2D eigenvalue weighted by atomic mass is 9.99. The van der Waals surface area contributed by atoms with E-state index >= 15 is 0 Å². The van der Waals surface area contributed by atoms with Crippen LogP contribution in [0, 0.1) is 0 Å². The third-order valence-corrected chi connectivity index (χ3v) is 8.56. The summed E-state index contributed by atoms with van der Waals surface area (Å²) in [5, 5.41) is 9.89. The average molecular weight is 460 g/mol. The first-order valence-electron chi connectivity index (χ1n) is 9.76. The highest BCUT2D eigenvalue weighted by Crippen LogP contribution is 2.55. The third-order valence-electron chi connectivity index (χ3n) is 5.84. The van der Waals surface area contributed by atoms with Crippen LogP contribution in [0.3, 0.4) is 0 Å². The molecule has 0 saturated heterocycles. The normalized spacial score (nSPS) is 27.4. The highest BCUT2D eigenvalue weighted by Gasteiger charge is 2.65. The summed E-state index contributed by atoms with van der Waals surface area (Å²) in [5.41, 5.74) is 0.790. The number of hydrogen-bond acceptors (Lipinski definition) is 4. The number of rotatable bonds is 7. The van der Waals surface area contributed by atoms with Crippen molar-refractivity contribution in [3.63, 3.8) is 0 Å². The molecule has 6 nitrogen and oxygen atoms in total. The van der Waals surface area contributed by atoms with E-state index in [1.165, 1.54) is 13.2 Å². The Morgan fingerprint density at radius 2 is 1.84 bits per heavy atom. The highest BCUT2D eigenvalue weighted by atomic mass is 35.5. The number of sulfonamides is 1. The molecular weight excluding hydrogens is 438 g/mol. The summed E-state index contributed by atoms with van der Waals surface area (Å²) in [5.74, 6) is -1.28. The number of nitrogens with one attached hydrogen (secondary N) is 1. The Morgan fingerprint density at radius 3 is 2.45 bits per heavy atom. The van der Waals surface area contributed by atoms with Crippen molar-refractivity contribution in [1.29, 1.82) is 0 Å². The number of carboxylic acid groups (broad SMARTS) is 1. The van der Waals surface area contributed by atoms with Crippen molar-refractivity contribution in [2.45, 2.75) is 28.5 Å². The topological polar surface area (TPSA) is 92.7 Å². The van der Waals surface area contributed by atoms with Crippen molar-refractivity contribution in [2.24, 2.45) is 0 Å². The summed E-state index contributed by atoms with van der Waals surface area (Å²) in [7, 11) is -2.74. The van der Waals surface area contributed by atoms with Crippen LogP contribution in [0.5, 0.6) is 5.75 Å². The number of carboxylic acids is 1. The number of ether oxygens (including phenoxy) is 1. The number of carbonyl (C=O) groups is 1.